The largest absolute Gasteiger partial charge is 0.465 e. The number of epoxide rings is 2. The lowest BCUT2D eigenvalue weighted by Crippen LogP contribution is -2.34. The Bertz CT molecular complexity index is 632. The molecule has 6 aliphatic rings. The van der Waals surface area contributed by atoms with E-state index in [0.29, 0.717) is 48.1 Å². The first-order chi connectivity index (χ1) is 12.9. The van der Waals surface area contributed by atoms with E-state index in [0.717, 1.165) is 25.7 Å². The zero-order chi connectivity index (χ0) is 18.5. The quantitative estimate of drug-likeness (QED) is 0.521. The maximum atomic E-state index is 12.5. The van der Waals surface area contributed by atoms with Gasteiger partial charge < -0.3 is 18.9 Å². The molecule has 0 aromatic carbocycles. The second kappa shape index (κ2) is 5.47. The van der Waals surface area contributed by atoms with Crippen molar-refractivity contribution in [2.75, 3.05) is 13.2 Å². The monoisotopic (exact) mass is 376 g/mol. The second-order valence-electron chi connectivity index (χ2n) is 10.5. The Labute approximate surface area is 159 Å². The topological polar surface area (TPSA) is 77.7 Å². The van der Waals surface area contributed by atoms with Crippen molar-refractivity contribution >= 4 is 11.9 Å². The van der Waals surface area contributed by atoms with Crippen LogP contribution >= 0.6 is 0 Å². The first-order valence-electron chi connectivity index (χ1n) is 10.6. The van der Waals surface area contributed by atoms with Crippen molar-refractivity contribution in [3.63, 3.8) is 0 Å². The molecule has 0 spiro atoms. The lowest BCUT2D eigenvalue weighted by atomic mass is 9.88. The van der Waals surface area contributed by atoms with Crippen LogP contribution < -0.4 is 0 Å². The minimum atomic E-state index is -0.377. The van der Waals surface area contributed by atoms with Crippen LogP contribution in [0.2, 0.25) is 0 Å². The average molecular weight is 376 g/mol. The van der Waals surface area contributed by atoms with Gasteiger partial charge in [-0.05, 0) is 37.5 Å². The van der Waals surface area contributed by atoms with Crippen molar-refractivity contribution in [3.05, 3.63) is 0 Å². The van der Waals surface area contributed by atoms with Crippen molar-refractivity contribution < 1.29 is 28.5 Å². The van der Waals surface area contributed by atoms with Gasteiger partial charge in [0.25, 0.3) is 0 Å². The molecule has 4 saturated carbocycles. The van der Waals surface area contributed by atoms with E-state index in [2.05, 4.69) is 0 Å². The molecule has 27 heavy (non-hydrogen) atoms. The number of carbonyl (C=O) groups is 2. The van der Waals surface area contributed by atoms with Crippen LogP contribution in [0.5, 0.6) is 0 Å². The smallest absolute Gasteiger partial charge is 0.309 e. The van der Waals surface area contributed by atoms with Gasteiger partial charge in [0.05, 0.1) is 49.5 Å². The fraction of sp³-hybridized carbons (Fsp3) is 0.905. The van der Waals surface area contributed by atoms with Crippen molar-refractivity contribution in [1.82, 2.24) is 0 Å². The molecule has 0 aromatic rings. The van der Waals surface area contributed by atoms with Crippen LogP contribution in [-0.4, -0.2) is 49.6 Å². The van der Waals surface area contributed by atoms with Crippen molar-refractivity contribution in [2.24, 2.45) is 40.9 Å². The Morgan fingerprint density at radius 1 is 0.778 bits per heavy atom. The molecular formula is C21H28O6. The van der Waals surface area contributed by atoms with E-state index in [4.69, 9.17) is 18.9 Å². The molecule has 2 aliphatic heterocycles. The highest BCUT2D eigenvalue weighted by molar-refractivity contribution is 5.74. The van der Waals surface area contributed by atoms with E-state index >= 15 is 0 Å². The minimum absolute atomic E-state index is 0.00220. The van der Waals surface area contributed by atoms with E-state index in [1.54, 1.807) is 0 Å². The summed E-state index contributed by atoms with van der Waals surface area (Å²) < 4.78 is 22.5. The van der Waals surface area contributed by atoms with Gasteiger partial charge in [-0.25, -0.2) is 0 Å². The normalized spacial score (nSPS) is 50.3. The zero-order valence-corrected chi connectivity index (χ0v) is 16.0. The van der Waals surface area contributed by atoms with Crippen LogP contribution in [0.1, 0.15) is 39.5 Å². The summed E-state index contributed by atoms with van der Waals surface area (Å²) in [6.07, 6.45) is 5.53. The summed E-state index contributed by atoms with van der Waals surface area (Å²) in [5, 5.41) is 0. The van der Waals surface area contributed by atoms with E-state index in [1.807, 2.05) is 13.8 Å². The van der Waals surface area contributed by atoms with Gasteiger partial charge in [-0.15, -0.1) is 0 Å². The summed E-state index contributed by atoms with van der Waals surface area (Å²) in [5.41, 5.74) is -0.377. The van der Waals surface area contributed by atoms with Crippen molar-refractivity contribution in [2.45, 2.75) is 63.9 Å². The van der Waals surface area contributed by atoms with Crippen LogP contribution in [-0.2, 0) is 28.5 Å². The number of carbonyl (C=O) groups excluding carboxylic acids is 2. The van der Waals surface area contributed by atoms with Crippen LogP contribution in [0.3, 0.4) is 0 Å². The average Bonchev–Trinajstić information content (AvgIpc) is 3.48. The molecule has 10 atom stereocenters. The van der Waals surface area contributed by atoms with E-state index < -0.39 is 0 Å². The van der Waals surface area contributed by atoms with Gasteiger partial charge in [0, 0.05) is 17.3 Å². The van der Waals surface area contributed by atoms with Gasteiger partial charge in [-0.1, -0.05) is 13.8 Å². The number of ether oxygens (including phenoxy) is 4. The van der Waals surface area contributed by atoms with Gasteiger partial charge in [0.15, 0.2) is 0 Å². The molecule has 148 valence electrons. The highest BCUT2D eigenvalue weighted by Crippen LogP contribution is 2.60. The van der Waals surface area contributed by atoms with Gasteiger partial charge in [-0.2, -0.15) is 0 Å². The summed E-state index contributed by atoms with van der Waals surface area (Å²) >= 11 is 0. The molecule has 10 unspecified atom stereocenters. The summed E-state index contributed by atoms with van der Waals surface area (Å²) in [5.74, 6) is 1.64. The van der Waals surface area contributed by atoms with E-state index in [1.165, 1.54) is 0 Å². The van der Waals surface area contributed by atoms with Crippen LogP contribution in [0, 0.1) is 40.9 Å². The van der Waals surface area contributed by atoms with E-state index in [-0.39, 0.29) is 42.4 Å². The van der Waals surface area contributed by atoms with Gasteiger partial charge in [0.2, 0.25) is 0 Å². The predicted molar refractivity (Wildman–Crippen MR) is 92.4 cm³/mol. The third-order valence-electron chi connectivity index (χ3n) is 8.01. The Kier molecular flexibility index (Phi) is 3.40. The molecule has 0 radical (unpaired) electrons. The highest BCUT2D eigenvalue weighted by Gasteiger charge is 2.66. The lowest BCUT2D eigenvalue weighted by Gasteiger charge is -2.27. The fourth-order valence-corrected chi connectivity index (χ4v) is 6.54. The fourth-order valence-electron chi connectivity index (χ4n) is 6.54. The number of esters is 2. The number of fused-ring (bicyclic) bond motifs is 10. The molecule has 4 aliphatic carbocycles. The zero-order valence-electron chi connectivity index (χ0n) is 16.0. The van der Waals surface area contributed by atoms with E-state index in [9.17, 15) is 9.59 Å². The van der Waals surface area contributed by atoms with Crippen LogP contribution in [0.25, 0.3) is 0 Å². The molecule has 6 fully saturated rings. The Balaban J connectivity index is 0.978. The lowest BCUT2D eigenvalue weighted by molar-refractivity contribution is -0.159. The van der Waals surface area contributed by atoms with Crippen LogP contribution in [0.15, 0.2) is 0 Å². The molecule has 6 rings (SSSR count). The number of rotatable bonds is 6. The summed E-state index contributed by atoms with van der Waals surface area (Å²) in [6, 6.07) is 0. The molecule has 0 aromatic heterocycles. The molecule has 2 heterocycles. The summed E-state index contributed by atoms with van der Waals surface area (Å²) in [6.45, 7) is 4.53. The van der Waals surface area contributed by atoms with Crippen molar-refractivity contribution in [1.29, 1.82) is 0 Å². The minimum Gasteiger partial charge on any atom is -0.465 e. The second-order valence-corrected chi connectivity index (χ2v) is 10.5. The SMILES string of the molecule is CC(C)(COC(=O)C1CC2CC1C1OC21)COC(=O)C1CC2CC1C1OC21. The Morgan fingerprint density at radius 3 is 1.59 bits per heavy atom. The molecular weight excluding hydrogens is 348 g/mol. The number of hydrogen-bond acceptors (Lipinski definition) is 6. The first kappa shape index (κ1) is 16.8. The molecule has 6 heteroatoms. The van der Waals surface area contributed by atoms with Gasteiger partial charge in [-0.3, -0.25) is 9.59 Å². The molecule has 0 amide bonds. The van der Waals surface area contributed by atoms with Gasteiger partial charge >= 0.3 is 11.9 Å². The third-order valence-corrected chi connectivity index (χ3v) is 8.01. The molecule has 4 bridgehead atoms. The Morgan fingerprint density at radius 2 is 1.22 bits per heavy atom. The molecule has 2 saturated heterocycles. The highest BCUT2D eigenvalue weighted by atomic mass is 16.6. The third kappa shape index (κ3) is 2.59. The standard InChI is InChI=1S/C21H28O6/c1-21(2,7-24-19(22)13-5-9-3-11(13)17-15(9)26-17)8-25-20(23)14-6-10-4-12(14)18-16(10)27-18/h9-18H,3-8H2,1-2H3. The number of hydrogen-bond donors (Lipinski definition) is 0. The van der Waals surface area contributed by atoms with Gasteiger partial charge in [0.1, 0.15) is 0 Å². The molecule has 0 N–H and O–H groups in total. The first-order valence-corrected chi connectivity index (χ1v) is 10.6. The maximum Gasteiger partial charge on any atom is 0.309 e. The molecule has 6 nitrogen and oxygen atoms in total. The summed E-state index contributed by atoms with van der Waals surface area (Å²) in [7, 11) is 0. The maximum absolute atomic E-state index is 12.5. The van der Waals surface area contributed by atoms with Crippen molar-refractivity contribution in [3.8, 4) is 0 Å². The predicted octanol–water partition coefficient (Wildman–Crippen LogP) is 1.95. The summed E-state index contributed by atoms with van der Waals surface area (Å²) in [4.78, 5) is 25.0. The Hall–Kier alpha value is -1.14. The van der Waals surface area contributed by atoms with Crippen LogP contribution in [0.4, 0.5) is 0 Å².